The third-order valence-electron chi connectivity index (χ3n) is 6.14. The Morgan fingerprint density at radius 3 is 2.39 bits per heavy atom. The van der Waals surface area contributed by atoms with Gasteiger partial charge in [-0.1, -0.05) is 72.8 Å². The molecule has 2 amide bonds. The van der Waals surface area contributed by atoms with Crippen LogP contribution in [0.4, 0.5) is 5.13 Å². The van der Waals surface area contributed by atoms with E-state index in [9.17, 15) is 9.59 Å². The number of hydrogen-bond acceptors (Lipinski definition) is 6. The van der Waals surface area contributed by atoms with Gasteiger partial charge < -0.3 is 16.4 Å². The number of nitrogens with two attached hydrogens (primary N) is 1. The summed E-state index contributed by atoms with van der Waals surface area (Å²) < 4.78 is 0. The van der Waals surface area contributed by atoms with Crippen LogP contribution in [0.25, 0.3) is 10.8 Å². The van der Waals surface area contributed by atoms with Gasteiger partial charge in [-0.05, 0) is 42.4 Å². The summed E-state index contributed by atoms with van der Waals surface area (Å²) in [5, 5.41) is 8.61. The van der Waals surface area contributed by atoms with Gasteiger partial charge in [0.25, 0.3) is 0 Å². The Hall–Kier alpha value is -3.75. The van der Waals surface area contributed by atoms with Crippen LogP contribution < -0.4 is 16.4 Å². The molecule has 8 heteroatoms. The van der Waals surface area contributed by atoms with Crippen molar-refractivity contribution in [2.45, 2.75) is 31.5 Å². The summed E-state index contributed by atoms with van der Waals surface area (Å²) in [5.74, 6) is -0.438. The van der Waals surface area contributed by atoms with E-state index in [1.807, 2.05) is 91.8 Å². The lowest BCUT2D eigenvalue weighted by Crippen LogP contribution is -2.53. The smallest absolute Gasteiger partial charge is 0.243 e. The number of carbonyl (C=O) groups excluding carboxylic acids is 2. The van der Waals surface area contributed by atoms with Crippen molar-refractivity contribution >= 4 is 39.1 Å². The molecule has 0 saturated carbocycles. The summed E-state index contributed by atoms with van der Waals surface area (Å²) in [6.07, 6.45) is 2.57. The third-order valence-corrected chi connectivity index (χ3v) is 6.97. The van der Waals surface area contributed by atoms with Crippen molar-refractivity contribution in [1.29, 1.82) is 0 Å². The molecule has 1 aromatic heterocycles. The van der Waals surface area contributed by atoms with Crippen molar-refractivity contribution in [1.82, 2.24) is 20.5 Å². The molecule has 4 aromatic rings. The molecule has 7 nitrogen and oxygen atoms in total. The lowest BCUT2D eigenvalue weighted by Gasteiger charge is -2.27. The fourth-order valence-electron chi connectivity index (χ4n) is 4.22. The summed E-state index contributed by atoms with van der Waals surface area (Å²) in [6, 6.07) is 22.8. The number of anilines is 1. The lowest BCUT2D eigenvalue weighted by atomic mass is 9.97. The largest absolute Gasteiger partial charge is 0.375 e. The molecule has 0 fully saturated rings. The normalized spacial score (nSPS) is 12.9. The second-order valence-corrected chi connectivity index (χ2v) is 10.1. The molecule has 0 aliphatic carbocycles. The number of fused-ring (bicyclic) bond motifs is 1. The van der Waals surface area contributed by atoms with E-state index in [2.05, 4.69) is 15.6 Å². The molecule has 1 heterocycles. The average Bonchev–Trinajstić information content (AvgIpc) is 3.31. The van der Waals surface area contributed by atoms with Gasteiger partial charge in [0, 0.05) is 17.5 Å². The predicted molar refractivity (Wildman–Crippen MR) is 146 cm³/mol. The van der Waals surface area contributed by atoms with Crippen molar-refractivity contribution in [2.75, 3.05) is 19.8 Å². The van der Waals surface area contributed by atoms with Crippen LogP contribution in [0.2, 0.25) is 0 Å². The maximum absolute atomic E-state index is 13.5. The zero-order valence-corrected chi connectivity index (χ0v) is 21.3. The molecule has 0 spiro atoms. The number of benzene rings is 3. The van der Waals surface area contributed by atoms with Crippen molar-refractivity contribution in [3.63, 3.8) is 0 Å². The summed E-state index contributed by atoms with van der Waals surface area (Å²) in [7, 11) is 3.75. The monoisotopic (exact) mass is 501 g/mol. The van der Waals surface area contributed by atoms with Crippen LogP contribution in [0.3, 0.4) is 0 Å². The minimum atomic E-state index is -0.744. The molecule has 4 rings (SSSR count). The van der Waals surface area contributed by atoms with Crippen LogP contribution in [0.1, 0.15) is 16.0 Å². The molecule has 0 bridgehead atoms. The quantitative estimate of drug-likeness (QED) is 0.309. The number of nitrogen functional groups attached to an aromatic ring is 1. The maximum atomic E-state index is 13.5. The molecular weight excluding hydrogens is 470 g/mol. The number of nitrogens with zero attached hydrogens (tertiary/aromatic N) is 2. The Labute approximate surface area is 215 Å². The lowest BCUT2D eigenvalue weighted by molar-refractivity contribution is -0.131. The van der Waals surface area contributed by atoms with Crippen molar-refractivity contribution < 1.29 is 9.59 Å². The first-order valence-corrected chi connectivity index (χ1v) is 12.7. The molecular formula is C28H31N5O2S. The van der Waals surface area contributed by atoms with Gasteiger partial charge in [0.2, 0.25) is 11.8 Å². The highest BCUT2D eigenvalue weighted by atomic mass is 32.1. The SMILES string of the molecule is CN(C)[C@@H](Cc1ccccc1)C(=O)N[C@@H](Cc1cccc2ccccc12)C(=O)NCc1cnc(N)s1. The van der Waals surface area contributed by atoms with Gasteiger partial charge in [-0.15, -0.1) is 11.3 Å². The molecule has 0 radical (unpaired) electrons. The number of rotatable bonds is 10. The van der Waals surface area contributed by atoms with E-state index in [-0.39, 0.29) is 11.8 Å². The van der Waals surface area contributed by atoms with Crippen molar-refractivity contribution in [3.8, 4) is 0 Å². The van der Waals surface area contributed by atoms with Crippen LogP contribution >= 0.6 is 11.3 Å². The van der Waals surface area contributed by atoms with E-state index in [1.165, 1.54) is 11.3 Å². The first kappa shape index (κ1) is 25.3. The summed E-state index contributed by atoms with van der Waals surface area (Å²) in [4.78, 5) is 33.6. The van der Waals surface area contributed by atoms with Gasteiger partial charge in [-0.2, -0.15) is 0 Å². The van der Waals surface area contributed by atoms with Crippen LogP contribution in [0.15, 0.2) is 79.0 Å². The molecule has 0 aliphatic heterocycles. The number of amides is 2. The zero-order valence-electron chi connectivity index (χ0n) is 20.5. The Morgan fingerprint density at radius 2 is 1.67 bits per heavy atom. The number of nitrogens with one attached hydrogen (secondary N) is 2. The highest BCUT2D eigenvalue weighted by Gasteiger charge is 2.28. The van der Waals surface area contributed by atoms with E-state index >= 15 is 0 Å². The number of likely N-dealkylation sites (N-methyl/N-ethyl adjacent to an activating group) is 1. The highest BCUT2D eigenvalue weighted by Crippen LogP contribution is 2.20. The second kappa shape index (κ2) is 11.8. The summed E-state index contributed by atoms with van der Waals surface area (Å²) >= 11 is 1.33. The second-order valence-electron chi connectivity index (χ2n) is 8.96. The van der Waals surface area contributed by atoms with Crippen molar-refractivity contribution in [2.24, 2.45) is 0 Å². The minimum Gasteiger partial charge on any atom is -0.375 e. The first-order valence-electron chi connectivity index (χ1n) is 11.9. The zero-order chi connectivity index (χ0) is 25.5. The Morgan fingerprint density at radius 1 is 0.944 bits per heavy atom. The van der Waals surface area contributed by atoms with Gasteiger partial charge in [-0.25, -0.2) is 4.98 Å². The van der Waals surface area contributed by atoms with E-state index in [0.717, 1.165) is 26.8 Å². The topological polar surface area (TPSA) is 100 Å². The number of aromatic nitrogens is 1. The van der Waals surface area contributed by atoms with Crippen LogP contribution in [-0.4, -0.2) is 47.9 Å². The number of hydrogen-bond donors (Lipinski definition) is 3. The number of carbonyl (C=O) groups is 2. The molecule has 0 aliphatic rings. The molecule has 3 aromatic carbocycles. The van der Waals surface area contributed by atoms with E-state index in [0.29, 0.717) is 24.5 Å². The van der Waals surface area contributed by atoms with Gasteiger partial charge in [0.15, 0.2) is 5.13 Å². The standard InChI is InChI=1S/C28H31N5O2S/c1-33(2)25(15-19-9-4-3-5-10-19)27(35)32-24(26(34)30-17-22-18-31-28(29)36-22)16-21-13-8-12-20-11-6-7-14-23(20)21/h3-14,18,24-25H,15-17H2,1-2H3,(H2,29,31)(H,30,34)(H,32,35)/t24-,25-/m0/s1. The first-order chi connectivity index (χ1) is 17.4. The predicted octanol–water partition coefficient (Wildman–Crippen LogP) is 3.40. The number of thiazole rings is 1. The average molecular weight is 502 g/mol. The minimum absolute atomic E-state index is 0.189. The van der Waals surface area contributed by atoms with E-state index in [4.69, 9.17) is 5.73 Å². The Balaban J connectivity index is 1.56. The fourth-order valence-corrected chi connectivity index (χ4v) is 4.84. The molecule has 36 heavy (non-hydrogen) atoms. The molecule has 4 N–H and O–H groups in total. The van der Waals surface area contributed by atoms with Gasteiger partial charge in [0.05, 0.1) is 12.6 Å². The molecule has 186 valence electrons. The Bertz CT molecular complexity index is 1320. The highest BCUT2D eigenvalue weighted by molar-refractivity contribution is 7.15. The van der Waals surface area contributed by atoms with E-state index in [1.54, 1.807) is 6.20 Å². The maximum Gasteiger partial charge on any atom is 0.243 e. The molecule has 0 unspecified atom stereocenters. The van der Waals surface area contributed by atoms with E-state index < -0.39 is 12.1 Å². The van der Waals surface area contributed by atoms with Crippen molar-refractivity contribution in [3.05, 3.63) is 95.0 Å². The Kier molecular flexibility index (Phi) is 8.30. The van der Waals surface area contributed by atoms with Crippen LogP contribution in [0.5, 0.6) is 0 Å². The van der Waals surface area contributed by atoms with Crippen LogP contribution in [0, 0.1) is 0 Å². The molecule has 2 atom stereocenters. The van der Waals surface area contributed by atoms with Gasteiger partial charge in [0.1, 0.15) is 6.04 Å². The van der Waals surface area contributed by atoms with Gasteiger partial charge in [-0.3, -0.25) is 14.5 Å². The molecule has 0 saturated heterocycles. The fraction of sp³-hybridized carbons (Fsp3) is 0.250. The van der Waals surface area contributed by atoms with Gasteiger partial charge >= 0.3 is 0 Å². The summed E-state index contributed by atoms with van der Waals surface area (Å²) in [5.41, 5.74) is 7.78. The summed E-state index contributed by atoms with van der Waals surface area (Å²) in [6.45, 7) is 0.302. The van der Waals surface area contributed by atoms with Crippen LogP contribution in [-0.2, 0) is 29.0 Å². The third kappa shape index (κ3) is 6.47.